The highest BCUT2D eigenvalue weighted by molar-refractivity contribution is 6.37. The van der Waals surface area contributed by atoms with Crippen molar-refractivity contribution in [2.75, 3.05) is 12.2 Å². The lowest BCUT2D eigenvalue weighted by molar-refractivity contribution is 0.194. The minimum absolute atomic E-state index is 0.0755. The average molecular weight is 393 g/mol. The molecule has 1 N–H and O–H groups in total. The third-order valence-electron chi connectivity index (χ3n) is 4.17. The Kier molecular flexibility index (Phi) is 3.86. The van der Waals surface area contributed by atoms with Gasteiger partial charge in [-0.1, -0.05) is 27.7 Å². The van der Waals surface area contributed by atoms with E-state index in [-0.39, 0.29) is 38.7 Å². The second kappa shape index (κ2) is 5.96. The normalized spacial score (nSPS) is 14.1. The lowest BCUT2D eigenvalue weighted by Crippen LogP contribution is -2.40. The van der Waals surface area contributed by atoms with Gasteiger partial charge in [0.2, 0.25) is 0 Å². The van der Waals surface area contributed by atoms with E-state index >= 15 is 0 Å². The first-order valence-corrected chi connectivity index (χ1v) is 8.30. The summed E-state index contributed by atoms with van der Waals surface area (Å²) in [7, 11) is 1.51. The Morgan fingerprint density at radius 3 is 2.62 bits per heavy atom. The van der Waals surface area contributed by atoms with Gasteiger partial charge in [-0.3, -0.25) is 4.98 Å². The SMILES string of the molecule is CN1Cc2cnc3ccc(-c4cc(Cl)c(O)c(Cl)c4)nc3c2N(F)C1=O. The molecule has 0 saturated carbocycles. The Balaban J connectivity index is 1.94. The van der Waals surface area contributed by atoms with Gasteiger partial charge >= 0.3 is 6.03 Å². The van der Waals surface area contributed by atoms with Crippen molar-refractivity contribution in [1.82, 2.24) is 14.9 Å². The molecule has 3 heterocycles. The molecule has 4 rings (SSSR count). The monoisotopic (exact) mass is 392 g/mol. The molecule has 0 saturated heterocycles. The van der Waals surface area contributed by atoms with Crippen LogP contribution in [0.3, 0.4) is 0 Å². The first-order chi connectivity index (χ1) is 12.4. The molecule has 1 aliphatic heterocycles. The van der Waals surface area contributed by atoms with Crippen molar-refractivity contribution in [3.05, 3.63) is 46.1 Å². The molecule has 26 heavy (non-hydrogen) atoms. The largest absolute Gasteiger partial charge is 0.505 e. The number of pyridine rings is 2. The molecule has 0 spiro atoms. The maximum Gasteiger partial charge on any atom is 0.353 e. The zero-order valence-electron chi connectivity index (χ0n) is 13.4. The summed E-state index contributed by atoms with van der Waals surface area (Å²) in [6.45, 7) is 0.236. The number of nitrogens with zero attached hydrogens (tertiary/aromatic N) is 4. The minimum Gasteiger partial charge on any atom is -0.505 e. The van der Waals surface area contributed by atoms with Gasteiger partial charge in [0.15, 0.2) is 5.75 Å². The predicted molar refractivity (Wildman–Crippen MR) is 97.1 cm³/mol. The number of phenols is 1. The van der Waals surface area contributed by atoms with Gasteiger partial charge in [0.1, 0.15) is 11.2 Å². The summed E-state index contributed by atoms with van der Waals surface area (Å²) in [6, 6.07) is 5.59. The van der Waals surface area contributed by atoms with Crippen LogP contribution in [0, 0.1) is 0 Å². The topological polar surface area (TPSA) is 69.6 Å². The zero-order chi connectivity index (χ0) is 18.6. The van der Waals surface area contributed by atoms with Crippen molar-refractivity contribution in [3.8, 4) is 17.0 Å². The first-order valence-electron chi connectivity index (χ1n) is 7.55. The van der Waals surface area contributed by atoms with E-state index in [1.54, 1.807) is 12.1 Å². The van der Waals surface area contributed by atoms with Gasteiger partial charge in [-0.15, -0.1) is 5.12 Å². The maximum absolute atomic E-state index is 14.6. The number of carbonyl (C=O) groups excluding carboxylic acids is 1. The molecule has 2 aromatic heterocycles. The van der Waals surface area contributed by atoms with Crippen LogP contribution in [0.2, 0.25) is 10.0 Å². The Morgan fingerprint density at radius 1 is 1.23 bits per heavy atom. The first kappa shape index (κ1) is 16.8. The lowest BCUT2D eigenvalue weighted by atomic mass is 10.1. The van der Waals surface area contributed by atoms with E-state index in [1.807, 2.05) is 0 Å². The molecule has 0 atom stereocenters. The highest BCUT2D eigenvalue weighted by Crippen LogP contribution is 2.38. The summed E-state index contributed by atoms with van der Waals surface area (Å²) in [5, 5.41) is 9.93. The summed E-state index contributed by atoms with van der Waals surface area (Å²) < 4.78 is 14.6. The van der Waals surface area contributed by atoms with Gasteiger partial charge in [-0.05, 0) is 24.3 Å². The third-order valence-corrected chi connectivity index (χ3v) is 4.75. The van der Waals surface area contributed by atoms with Crippen LogP contribution in [-0.2, 0) is 6.54 Å². The molecule has 0 unspecified atom stereocenters. The quantitative estimate of drug-likeness (QED) is 0.616. The highest BCUT2D eigenvalue weighted by Gasteiger charge is 2.31. The third kappa shape index (κ3) is 2.51. The number of amides is 2. The number of hydrogen-bond acceptors (Lipinski definition) is 4. The number of rotatable bonds is 1. The van der Waals surface area contributed by atoms with Crippen molar-refractivity contribution >= 4 is 46.0 Å². The van der Waals surface area contributed by atoms with Gasteiger partial charge in [-0.2, -0.15) is 0 Å². The molecule has 0 fully saturated rings. The van der Waals surface area contributed by atoms with Crippen molar-refractivity contribution in [1.29, 1.82) is 0 Å². The molecule has 0 radical (unpaired) electrons. The van der Waals surface area contributed by atoms with Gasteiger partial charge in [0.25, 0.3) is 0 Å². The number of aromatic hydroxyl groups is 1. The molecule has 6 nitrogen and oxygen atoms in total. The van der Waals surface area contributed by atoms with E-state index in [0.29, 0.717) is 22.3 Å². The van der Waals surface area contributed by atoms with Gasteiger partial charge in [0, 0.05) is 24.4 Å². The number of hydrogen-bond donors (Lipinski definition) is 1. The fourth-order valence-electron chi connectivity index (χ4n) is 2.87. The van der Waals surface area contributed by atoms with Crippen LogP contribution in [0.4, 0.5) is 15.0 Å². The fraction of sp³-hybridized carbons (Fsp3) is 0.118. The molecule has 0 bridgehead atoms. The van der Waals surface area contributed by atoms with Crippen molar-refractivity contribution < 1.29 is 14.4 Å². The summed E-state index contributed by atoms with van der Waals surface area (Å²) >= 11 is 11.9. The van der Waals surface area contributed by atoms with E-state index in [9.17, 15) is 14.4 Å². The van der Waals surface area contributed by atoms with E-state index in [4.69, 9.17) is 23.2 Å². The molecule has 1 aliphatic rings. The number of carbonyl (C=O) groups is 1. The highest BCUT2D eigenvalue weighted by atomic mass is 35.5. The second-order valence-electron chi connectivity index (χ2n) is 5.90. The van der Waals surface area contributed by atoms with Crippen LogP contribution in [0.25, 0.3) is 22.3 Å². The Hall–Kier alpha value is -2.64. The molecular formula is C17H11Cl2FN4O2. The van der Waals surface area contributed by atoms with E-state index in [2.05, 4.69) is 9.97 Å². The number of aromatic nitrogens is 2. The molecule has 2 amide bonds. The van der Waals surface area contributed by atoms with Crippen LogP contribution < -0.4 is 5.12 Å². The van der Waals surface area contributed by atoms with Gasteiger partial charge in [-0.25, -0.2) is 9.78 Å². The molecular weight excluding hydrogens is 382 g/mol. The maximum atomic E-state index is 14.6. The van der Waals surface area contributed by atoms with Crippen molar-refractivity contribution in [2.45, 2.75) is 6.54 Å². The number of phenolic OH excluding ortho intramolecular Hbond substituents is 1. The Labute approximate surface area is 157 Å². The van der Waals surface area contributed by atoms with Crippen LogP contribution in [0.5, 0.6) is 5.75 Å². The predicted octanol–water partition coefficient (Wildman–Crippen LogP) is 4.57. The van der Waals surface area contributed by atoms with Gasteiger partial charge < -0.3 is 10.0 Å². The molecule has 9 heteroatoms. The van der Waals surface area contributed by atoms with E-state index in [0.717, 1.165) is 0 Å². The summed E-state index contributed by atoms with van der Waals surface area (Å²) in [5.41, 5.74) is 2.33. The second-order valence-corrected chi connectivity index (χ2v) is 6.72. The zero-order valence-corrected chi connectivity index (χ0v) is 14.9. The summed E-state index contributed by atoms with van der Waals surface area (Å²) in [4.78, 5) is 22.0. The van der Waals surface area contributed by atoms with Crippen molar-refractivity contribution in [3.63, 3.8) is 0 Å². The number of benzene rings is 1. The number of halogens is 3. The number of urea groups is 1. The average Bonchev–Trinajstić information content (AvgIpc) is 2.63. The van der Waals surface area contributed by atoms with Crippen LogP contribution in [0.1, 0.15) is 5.56 Å². The van der Waals surface area contributed by atoms with Gasteiger partial charge in [0.05, 0.1) is 27.8 Å². The smallest absolute Gasteiger partial charge is 0.353 e. The molecule has 0 aliphatic carbocycles. The Bertz CT molecular complexity index is 1050. The molecule has 132 valence electrons. The molecule has 3 aromatic rings. The summed E-state index contributed by atoms with van der Waals surface area (Å²) in [5.74, 6) is -0.222. The Morgan fingerprint density at radius 2 is 1.92 bits per heavy atom. The van der Waals surface area contributed by atoms with Crippen LogP contribution in [0.15, 0.2) is 30.5 Å². The van der Waals surface area contributed by atoms with Crippen LogP contribution in [-0.4, -0.2) is 33.1 Å². The van der Waals surface area contributed by atoms with Crippen LogP contribution >= 0.6 is 23.2 Å². The number of fused-ring (bicyclic) bond motifs is 3. The van der Waals surface area contributed by atoms with Crippen molar-refractivity contribution in [2.24, 2.45) is 0 Å². The fourth-order valence-corrected chi connectivity index (χ4v) is 3.36. The van der Waals surface area contributed by atoms with E-state index < -0.39 is 6.03 Å². The summed E-state index contributed by atoms with van der Waals surface area (Å²) in [6.07, 6.45) is 1.53. The standard InChI is InChI=1S/C17H11Cl2FN4O2/c1-23-7-9-6-21-13-3-2-12(8-4-10(18)16(25)11(19)5-8)22-14(13)15(9)24(20)17(23)26/h2-6,25H,7H2,1H3. The lowest BCUT2D eigenvalue weighted by Gasteiger charge is -2.29. The van der Waals surface area contributed by atoms with E-state index in [1.165, 1.54) is 30.3 Å². The number of anilines is 1. The molecule has 1 aromatic carbocycles. The minimum atomic E-state index is -0.770.